The maximum absolute atomic E-state index is 13.3. The molecule has 3 heterocycles. The SMILES string of the molecule is C[C@@H](NC(=O)c1cncc(N2CCN(C[C@@H]3CCO3)CC2)c1)c1ccc(-c2cc(C(F)(F)F)ccc2CN)cc1. The van der Waals surface area contributed by atoms with Crippen molar-refractivity contribution in [2.24, 2.45) is 5.73 Å². The molecule has 10 heteroatoms. The first-order chi connectivity index (χ1) is 19.2. The minimum atomic E-state index is -4.44. The van der Waals surface area contributed by atoms with Crippen LogP contribution in [-0.2, 0) is 17.5 Å². The highest BCUT2D eigenvalue weighted by Gasteiger charge is 2.31. The first-order valence-corrected chi connectivity index (χ1v) is 13.6. The van der Waals surface area contributed by atoms with Crippen LogP contribution in [0.4, 0.5) is 18.9 Å². The average molecular weight is 554 g/mol. The Labute approximate surface area is 232 Å². The Kier molecular flexibility index (Phi) is 8.39. The number of nitrogens with two attached hydrogens (primary N) is 1. The molecule has 40 heavy (non-hydrogen) atoms. The molecule has 2 aliphatic heterocycles. The number of aromatic nitrogens is 1. The fourth-order valence-electron chi connectivity index (χ4n) is 5.14. The number of nitrogens with zero attached hydrogens (tertiary/aromatic N) is 3. The van der Waals surface area contributed by atoms with Gasteiger partial charge < -0.3 is 20.7 Å². The molecule has 5 rings (SSSR count). The molecular weight excluding hydrogens is 519 g/mol. The third kappa shape index (κ3) is 6.46. The molecule has 0 radical (unpaired) electrons. The van der Waals surface area contributed by atoms with Crippen LogP contribution in [0.25, 0.3) is 11.1 Å². The summed E-state index contributed by atoms with van der Waals surface area (Å²) in [6.45, 7) is 7.43. The predicted octanol–water partition coefficient (Wildman–Crippen LogP) is 4.63. The van der Waals surface area contributed by atoms with Gasteiger partial charge in [-0.15, -0.1) is 0 Å². The normalized spacial score (nSPS) is 18.7. The number of hydrogen-bond donors (Lipinski definition) is 2. The van der Waals surface area contributed by atoms with Crippen molar-refractivity contribution in [3.63, 3.8) is 0 Å². The molecular formula is C30H34F3N5O2. The molecule has 7 nitrogen and oxygen atoms in total. The van der Waals surface area contributed by atoms with Gasteiger partial charge >= 0.3 is 6.18 Å². The summed E-state index contributed by atoms with van der Waals surface area (Å²) in [5.74, 6) is -0.241. The average Bonchev–Trinajstić information content (AvgIpc) is 2.94. The van der Waals surface area contributed by atoms with Crippen LogP contribution in [0.1, 0.15) is 46.4 Å². The molecule has 1 amide bonds. The van der Waals surface area contributed by atoms with Crippen molar-refractivity contribution in [2.75, 3.05) is 44.2 Å². The Morgan fingerprint density at radius 1 is 1.10 bits per heavy atom. The predicted molar refractivity (Wildman–Crippen MR) is 148 cm³/mol. The largest absolute Gasteiger partial charge is 0.416 e. The monoisotopic (exact) mass is 553 g/mol. The lowest BCUT2D eigenvalue weighted by Gasteiger charge is -2.39. The molecule has 0 unspecified atom stereocenters. The quantitative estimate of drug-likeness (QED) is 0.423. The molecule has 3 N–H and O–H groups in total. The van der Waals surface area contributed by atoms with E-state index in [9.17, 15) is 18.0 Å². The van der Waals surface area contributed by atoms with Gasteiger partial charge in [0.05, 0.1) is 35.2 Å². The van der Waals surface area contributed by atoms with E-state index < -0.39 is 11.7 Å². The van der Waals surface area contributed by atoms with Gasteiger partial charge in [-0.2, -0.15) is 13.2 Å². The van der Waals surface area contributed by atoms with E-state index >= 15 is 0 Å². The summed E-state index contributed by atoms with van der Waals surface area (Å²) in [7, 11) is 0. The topological polar surface area (TPSA) is 83.7 Å². The van der Waals surface area contributed by atoms with Gasteiger partial charge in [-0.25, -0.2) is 0 Å². The number of rotatable bonds is 8. The number of piperazine rings is 1. The summed E-state index contributed by atoms with van der Waals surface area (Å²) in [5.41, 5.74) is 8.99. The Morgan fingerprint density at radius 3 is 2.45 bits per heavy atom. The number of carbonyl (C=O) groups excluding carboxylic acids is 1. The van der Waals surface area contributed by atoms with Crippen molar-refractivity contribution in [3.05, 3.63) is 83.2 Å². The van der Waals surface area contributed by atoms with Crippen molar-refractivity contribution in [1.82, 2.24) is 15.2 Å². The summed E-state index contributed by atoms with van der Waals surface area (Å²) in [6.07, 6.45) is 0.400. The number of halogens is 3. The zero-order valence-corrected chi connectivity index (χ0v) is 22.5. The lowest BCUT2D eigenvalue weighted by Crippen LogP contribution is -2.50. The van der Waals surface area contributed by atoms with Gasteiger partial charge in [0.2, 0.25) is 0 Å². The van der Waals surface area contributed by atoms with Gasteiger partial charge in [0.15, 0.2) is 0 Å². The minimum Gasteiger partial charge on any atom is -0.377 e. The maximum atomic E-state index is 13.3. The summed E-state index contributed by atoms with van der Waals surface area (Å²) < 4.78 is 45.4. The molecule has 0 saturated carbocycles. The minimum absolute atomic E-state index is 0.125. The lowest BCUT2D eigenvalue weighted by molar-refractivity contribution is -0.137. The zero-order chi connectivity index (χ0) is 28.3. The van der Waals surface area contributed by atoms with E-state index in [-0.39, 0.29) is 18.5 Å². The molecule has 0 bridgehead atoms. The Balaban J connectivity index is 1.21. The van der Waals surface area contributed by atoms with Gasteiger partial charge in [-0.1, -0.05) is 30.3 Å². The van der Waals surface area contributed by atoms with E-state index in [1.54, 1.807) is 24.5 Å². The number of ether oxygens (including phenoxy) is 1. The van der Waals surface area contributed by atoms with E-state index in [1.807, 2.05) is 25.1 Å². The third-order valence-corrected chi connectivity index (χ3v) is 7.71. The highest BCUT2D eigenvalue weighted by Crippen LogP contribution is 2.34. The van der Waals surface area contributed by atoms with Crippen molar-refractivity contribution >= 4 is 11.6 Å². The second kappa shape index (κ2) is 12.0. The third-order valence-electron chi connectivity index (χ3n) is 7.71. The molecule has 212 valence electrons. The molecule has 1 aromatic heterocycles. The van der Waals surface area contributed by atoms with Crippen LogP contribution in [0.5, 0.6) is 0 Å². The summed E-state index contributed by atoms with van der Waals surface area (Å²) in [5, 5.41) is 3.01. The smallest absolute Gasteiger partial charge is 0.377 e. The number of benzene rings is 2. The van der Waals surface area contributed by atoms with Crippen LogP contribution in [-0.4, -0.2) is 61.2 Å². The molecule has 0 spiro atoms. The fraction of sp³-hybridized carbons (Fsp3) is 0.400. The van der Waals surface area contributed by atoms with Crippen molar-refractivity contribution in [3.8, 4) is 11.1 Å². The van der Waals surface area contributed by atoms with E-state index in [1.165, 1.54) is 6.07 Å². The van der Waals surface area contributed by atoms with E-state index in [0.717, 1.165) is 69.1 Å². The molecule has 2 fully saturated rings. The first-order valence-electron chi connectivity index (χ1n) is 13.6. The highest BCUT2D eigenvalue weighted by atomic mass is 19.4. The second-order valence-corrected chi connectivity index (χ2v) is 10.4. The van der Waals surface area contributed by atoms with Crippen LogP contribution >= 0.6 is 0 Å². The van der Waals surface area contributed by atoms with Gasteiger partial charge in [0.1, 0.15) is 0 Å². The Hall–Kier alpha value is -3.47. The molecule has 0 aliphatic carbocycles. The number of pyridine rings is 1. The van der Waals surface area contributed by atoms with Crippen molar-refractivity contribution in [2.45, 2.75) is 38.2 Å². The standard InChI is InChI=1S/C30H34F3N5O2/c1-20(21-2-4-22(5-3-21)28-15-25(30(31,32)33)7-6-23(28)16-34)36-29(39)24-14-26(18-35-17-24)38-11-9-37(10-12-38)19-27-8-13-40-27/h2-7,14-15,17-18,20,27H,8-13,16,19,34H2,1H3,(H,36,39)/t20-,27+/m1/s1. The Bertz CT molecular complexity index is 1320. The number of anilines is 1. The van der Waals surface area contributed by atoms with Crippen molar-refractivity contribution < 1.29 is 22.7 Å². The van der Waals surface area contributed by atoms with Crippen LogP contribution < -0.4 is 16.0 Å². The highest BCUT2D eigenvalue weighted by molar-refractivity contribution is 5.95. The molecule has 2 aliphatic rings. The van der Waals surface area contributed by atoms with E-state index in [2.05, 4.69) is 20.1 Å². The van der Waals surface area contributed by atoms with Gasteiger partial charge in [0.25, 0.3) is 5.91 Å². The summed E-state index contributed by atoms with van der Waals surface area (Å²) in [6, 6.07) is 12.3. The van der Waals surface area contributed by atoms with Gasteiger partial charge in [-0.3, -0.25) is 14.7 Å². The Morgan fingerprint density at radius 2 is 1.82 bits per heavy atom. The molecule has 2 aromatic carbocycles. The second-order valence-electron chi connectivity index (χ2n) is 10.4. The first kappa shape index (κ1) is 28.1. The number of alkyl halides is 3. The van der Waals surface area contributed by atoms with Crippen LogP contribution in [0, 0.1) is 0 Å². The van der Waals surface area contributed by atoms with Gasteiger partial charge in [0, 0.05) is 52.1 Å². The van der Waals surface area contributed by atoms with Crippen LogP contribution in [0.15, 0.2) is 60.9 Å². The fourth-order valence-corrected chi connectivity index (χ4v) is 5.14. The van der Waals surface area contributed by atoms with Crippen molar-refractivity contribution in [1.29, 1.82) is 0 Å². The molecule has 2 saturated heterocycles. The molecule has 2 atom stereocenters. The van der Waals surface area contributed by atoms with E-state index in [0.29, 0.717) is 28.4 Å². The van der Waals surface area contributed by atoms with Gasteiger partial charge in [-0.05, 0) is 53.8 Å². The van der Waals surface area contributed by atoms with E-state index in [4.69, 9.17) is 10.5 Å². The number of hydrogen-bond acceptors (Lipinski definition) is 6. The number of nitrogens with one attached hydrogen (secondary N) is 1. The maximum Gasteiger partial charge on any atom is 0.416 e. The molecule has 3 aromatic rings. The lowest BCUT2D eigenvalue weighted by atomic mass is 9.95. The number of carbonyl (C=O) groups is 1. The van der Waals surface area contributed by atoms with Crippen LogP contribution in [0.3, 0.4) is 0 Å². The summed E-state index contributed by atoms with van der Waals surface area (Å²) in [4.78, 5) is 22.0. The summed E-state index contributed by atoms with van der Waals surface area (Å²) >= 11 is 0. The number of amides is 1. The van der Waals surface area contributed by atoms with Crippen LogP contribution in [0.2, 0.25) is 0 Å². The zero-order valence-electron chi connectivity index (χ0n) is 22.5.